The largest absolute Gasteiger partial charge is 0.493 e. The molecule has 36 heavy (non-hydrogen) atoms. The van der Waals surface area contributed by atoms with Gasteiger partial charge >= 0.3 is 5.97 Å². The molecule has 9 heteroatoms. The van der Waals surface area contributed by atoms with Gasteiger partial charge in [0.25, 0.3) is 5.91 Å². The lowest BCUT2D eigenvalue weighted by Gasteiger charge is -2.24. The number of halogens is 3. The number of hydrogen-bond donors (Lipinski definition) is 1. The standard InChI is InChI=1S/C27H24ClF2NO5/c1-27(12-16-5-3-4-6-22(16)30)13-19-9-18(10-23(35-2)25(19)36-27)26(34)31(15-24(32)33)14-17-7-8-20(29)11-21(17)28/h3-11H,12-15H2,1-2H3,(H,32,33)/t27-/m0/s1. The summed E-state index contributed by atoms with van der Waals surface area (Å²) in [4.78, 5) is 26.0. The van der Waals surface area contributed by atoms with E-state index in [9.17, 15) is 23.5 Å². The number of carboxylic acid groups (broad SMARTS) is 1. The first-order valence-electron chi connectivity index (χ1n) is 11.2. The molecule has 1 atom stereocenters. The summed E-state index contributed by atoms with van der Waals surface area (Å²) in [5.41, 5.74) is 1.02. The first-order chi connectivity index (χ1) is 17.1. The highest BCUT2D eigenvalue weighted by molar-refractivity contribution is 6.31. The fourth-order valence-corrected chi connectivity index (χ4v) is 4.64. The number of carbonyl (C=O) groups is 2. The summed E-state index contributed by atoms with van der Waals surface area (Å²) in [6.45, 7) is 1.13. The van der Waals surface area contributed by atoms with Gasteiger partial charge in [0.05, 0.1) is 7.11 Å². The van der Waals surface area contributed by atoms with Gasteiger partial charge < -0.3 is 19.5 Å². The molecule has 0 aromatic heterocycles. The van der Waals surface area contributed by atoms with Crippen molar-refractivity contribution in [3.8, 4) is 11.5 Å². The maximum atomic E-state index is 14.3. The third-order valence-corrected chi connectivity index (χ3v) is 6.38. The van der Waals surface area contributed by atoms with Crippen LogP contribution in [0.5, 0.6) is 11.5 Å². The zero-order chi connectivity index (χ0) is 26.0. The quantitative estimate of drug-likeness (QED) is 0.441. The number of carboxylic acids is 1. The van der Waals surface area contributed by atoms with Crippen molar-refractivity contribution >= 4 is 23.5 Å². The SMILES string of the molecule is COc1cc(C(=O)N(CC(=O)O)Cc2ccc(F)cc2Cl)cc2c1O[C@@](C)(Cc1ccccc1F)C2. The Morgan fingerprint density at radius 2 is 1.89 bits per heavy atom. The monoisotopic (exact) mass is 515 g/mol. The Kier molecular flexibility index (Phi) is 7.17. The van der Waals surface area contributed by atoms with E-state index in [4.69, 9.17) is 21.1 Å². The van der Waals surface area contributed by atoms with Crippen molar-refractivity contribution in [1.82, 2.24) is 4.90 Å². The van der Waals surface area contributed by atoms with Gasteiger partial charge in [-0.15, -0.1) is 0 Å². The summed E-state index contributed by atoms with van der Waals surface area (Å²) in [5, 5.41) is 9.48. The zero-order valence-corrected chi connectivity index (χ0v) is 20.4. The van der Waals surface area contributed by atoms with Crippen molar-refractivity contribution in [2.24, 2.45) is 0 Å². The smallest absolute Gasteiger partial charge is 0.323 e. The van der Waals surface area contributed by atoms with Crippen LogP contribution in [0.3, 0.4) is 0 Å². The molecule has 0 saturated heterocycles. The zero-order valence-electron chi connectivity index (χ0n) is 19.7. The molecule has 3 aromatic carbocycles. The number of benzene rings is 3. The van der Waals surface area contributed by atoms with Crippen LogP contribution in [0.15, 0.2) is 54.6 Å². The molecular formula is C27H24ClF2NO5. The van der Waals surface area contributed by atoms with E-state index in [-0.39, 0.29) is 22.9 Å². The predicted molar refractivity (Wildman–Crippen MR) is 130 cm³/mol. The number of amides is 1. The van der Waals surface area contributed by atoms with Crippen LogP contribution >= 0.6 is 11.6 Å². The van der Waals surface area contributed by atoms with Gasteiger partial charge in [0, 0.05) is 35.5 Å². The molecule has 0 saturated carbocycles. The predicted octanol–water partition coefficient (Wildman–Crippen LogP) is 5.29. The van der Waals surface area contributed by atoms with Crippen LogP contribution in [0.1, 0.15) is 34.0 Å². The van der Waals surface area contributed by atoms with Gasteiger partial charge in [-0.05, 0) is 48.4 Å². The summed E-state index contributed by atoms with van der Waals surface area (Å²) in [6, 6.07) is 13.3. The van der Waals surface area contributed by atoms with Crippen molar-refractivity contribution in [3.63, 3.8) is 0 Å². The van der Waals surface area contributed by atoms with Gasteiger partial charge in [0.15, 0.2) is 11.5 Å². The molecule has 0 unspecified atom stereocenters. The molecule has 1 aliphatic heterocycles. The highest BCUT2D eigenvalue weighted by atomic mass is 35.5. The summed E-state index contributed by atoms with van der Waals surface area (Å²) < 4.78 is 39.4. The molecule has 6 nitrogen and oxygen atoms in total. The van der Waals surface area contributed by atoms with Gasteiger partial charge in [-0.3, -0.25) is 9.59 Å². The number of methoxy groups -OCH3 is 1. The average molecular weight is 516 g/mol. The summed E-state index contributed by atoms with van der Waals surface area (Å²) in [7, 11) is 1.44. The highest BCUT2D eigenvalue weighted by Crippen LogP contribution is 2.44. The highest BCUT2D eigenvalue weighted by Gasteiger charge is 2.38. The molecule has 0 spiro atoms. The minimum Gasteiger partial charge on any atom is -0.493 e. The number of aliphatic carboxylic acids is 1. The first kappa shape index (κ1) is 25.4. The molecule has 1 N–H and O–H groups in total. The van der Waals surface area contributed by atoms with Crippen LogP contribution in [0, 0.1) is 11.6 Å². The molecule has 1 aliphatic rings. The molecule has 3 aromatic rings. The Bertz CT molecular complexity index is 1330. The minimum atomic E-state index is -1.21. The lowest BCUT2D eigenvalue weighted by molar-refractivity contribution is -0.137. The van der Waals surface area contributed by atoms with Gasteiger partial charge in [0.1, 0.15) is 23.8 Å². The lowest BCUT2D eigenvalue weighted by Crippen LogP contribution is -2.35. The Balaban J connectivity index is 1.63. The number of ether oxygens (including phenoxy) is 2. The Morgan fingerprint density at radius 3 is 2.56 bits per heavy atom. The van der Waals surface area contributed by atoms with Crippen LogP contribution in [0.2, 0.25) is 5.02 Å². The maximum absolute atomic E-state index is 14.3. The van der Waals surface area contributed by atoms with Crippen molar-refractivity contribution in [2.75, 3.05) is 13.7 Å². The Morgan fingerprint density at radius 1 is 1.14 bits per heavy atom. The number of carbonyl (C=O) groups excluding carboxylic acids is 1. The maximum Gasteiger partial charge on any atom is 0.323 e. The number of nitrogens with zero attached hydrogens (tertiary/aromatic N) is 1. The van der Waals surface area contributed by atoms with E-state index in [0.29, 0.717) is 41.0 Å². The molecular weight excluding hydrogens is 492 g/mol. The first-order valence-corrected chi connectivity index (χ1v) is 11.5. The second-order valence-electron chi connectivity index (χ2n) is 8.95. The van der Waals surface area contributed by atoms with E-state index in [0.717, 1.165) is 11.0 Å². The van der Waals surface area contributed by atoms with Gasteiger partial charge in [-0.25, -0.2) is 8.78 Å². The molecule has 0 radical (unpaired) electrons. The van der Waals surface area contributed by atoms with Gasteiger partial charge in [0.2, 0.25) is 0 Å². The van der Waals surface area contributed by atoms with E-state index in [1.807, 2.05) is 6.92 Å². The van der Waals surface area contributed by atoms with E-state index in [2.05, 4.69) is 0 Å². The topological polar surface area (TPSA) is 76.1 Å². The third-order valence-electron chi connectivity index (χ3n) is 6.02. The molecule has 4 rings (SSSR count). The molecule has 0 fully saturated rings. The van der Waals surface area contributed by atoms with Crippen LogP contribution in [-0.2, 0) is 24.2 Å². The van der Waals surface area contributed by atoms with E-state index in [1.54, 1.807) is 24.3 Å². The van der Waals surface area contributed by atoms with Crippen molar-refractivity contribution in [1.29, 1.82) is 0 Å². The van der Waals surface area contributed by atoms with Crippen LogP contribution < -0.4 is 9.47 Å². The summed E-state index contributed by atoms with van der Waals surface area (Å²) >= 11 is 6.11. The molecule has 0 aliphatic carbocycles. The van der Waals surface area contributed by atoms with Crippen molar-refractivity contribution in [3.05, 3.63) is 93.5 Å². The number of rotatable bonds is 8. The van der Waals surface area contributed by atoms with Crippen LogP contribution in [0.25, 0.3) is 0 Å². The summed E-state index contributed by atoms with van der Waals surface area (Å²) in [5.74, 6) is -1.88. The lowest BCUT2D eigenvalue weighted by atomic mass is 9.91. The molecule has 1 amide bonds. The second kappa shape index (κ2) is 10.1. The van der Waals surface area contributed by atoms with Crippen LogP contribution in [-0.4, -0.2) is 41.1 Å². The Hall–Kier alpha value is -3.65. The molecule has 1 heterocycles. The molecule has 188 valence electrons. The van der Waals surface area contributed by atoms with Gasteiger partial charge in [-0.2, -0.15) is 0 Å². The van der Waals surface area contributed by atoms with E-state index in [1.165, 1.54) is 31.4 Å². The number of fused-ring (bicyclic) bond motifs is 1. The third kappa shape index (κ3) is 5.44. The van der Waals surface area contributed by atoms with Crippen LogP contribution in [0.4, 0.5) is 8.78 Å². The second-order valence-corrected chi connectivity index (χ2v) is 9.36. The Labute approximate surface area is 212 Å². The normalized spacial score (nSPS) is 16.2. The summed E-state index contributed by atoms with van der Waals surface area (Å²) in [6.07, 6.45) is 0.686. The van der Waals surface area contributed by atoms with Crippen molar-refractivity contribution in [2.45, 2.75) is 31.9 Å². The minimum absolute atomic E-state index is 0.0852. The number of hydrogen-bond acceptors (Lipinski definition) is 4. The van der Waals surface area contributed by atoms with E-state index < -0.39 is 29.8 Å². The fourth-order valence-electron chi connectivity index (χ4n) is 4.41. The molecule has 0 bridgehead atoms. The van der Waals surface area contributed by atoms with Crippen molar-refractivity contribution < 1.29 is 33.0 Å². The average Bonchev–Trinajstić information content (AvgIpc) is 3.16. The van der Waals surface area contributed by atoms with E-state index >= 15 is 0 Å². The van der Waals surface area contributed by atoms with Gasteiger partial charge in [-0.1, -0.05) is 35.9 Å². The fraction of sp³-hybridized carbons (Fsp3) is 0.259.